The molecule has 1 aliphatic rings. The van der Waals surface area contributed by atoms with Crippen molar-refractivity contribution in [3.8, 4) is 34.0 Å². The smallest absolute Gasteiger partial charge is 0.416 e. The minimum Gasteiger partial charge on any atom is -0.443 e. The minimum atomic E-state index is -0.759. The van der Waals surface area contributed by atoms with Crippen molar-refractivity contribution in [3.05, 3.63) is 90.7 Å². The summed E-state index contributed by atoms with van der Waals surface area (Å²) in [6.45, 7) is 10.8. The van der Waals surface area contributed by atoms with Gasteiger partial charge in [0.15, 0.2) is 5.82 Å². The molecule has 1 aliphatic heterocycles. The number of nitrogens with zero attached hydrogens (tertiary/aromatic N) is 5. The van der Waals surface area contributed by atoms with Gasteiger partial charge in [0.2, 0.25) is 11.8 Å². The number of carbonyl (C=O) groups excluding carboxylic acids is 2. The fraction of sp³-hybridized carbons (Fsp3) is 0.206. The predicted octanol–water partition coefficient (Wildman–Crippen LogP) is 7.32. The summed E-state index contributed by atoms with van der Waals surface area (Å²) in [5.41, 5.74) is 4.04. The van der Waals surface area contributed by atoms with E-state index in [9.17, 15) is 9.59 Å². The second kappa shape index (κ2) is 11.2. The summed E-state index contributed by atoms with van der Waals surface area (Å²) < 4.78 is 29.1. The van der Waals surface area contributed by atoms with Crippen LogP contribution in [0.2, 0.25) is 0 Å². The molecular formula is C34H31FN6O4. The first-order valence-corrected chi connectivity index (χ1v) is 14.3. The zero-order chi connectivity index (χ0) is 32.0. The van der Waals surface area contributed by atoms with Gasteiger partial charge in [-0.1, -0.05) is 24.8 Å². The van der Waals surface area contributed by atoms with Gasteiger partial charge in [-0.25, -0.2) is 24.1 Å². The molecule has 10 nitrogen and oxygen atoms in total. The van der Waals surface area contributed by atoms with E-state index in [2.05, 4.69) is 26.8 Å². The molecule has 228 valence electrons. The van der Waals surface area contributed by atoms with E-state index in [-0.39, 0.29) is 12.2 Å². The second-order valence-electron chi connectivity index (χ2n) is 11.7. The van der Waals surface area contributed by atoms with Gasteiger partial charge in [0.05, 0.1) is 23.3 Å². The minimum absolute atomic E-state index is 0.0248. The number of hydrogen-bond acceptors (Lipinski definition) is 7. The van der Waals surface area contributed by atoms with Crippen molar-refractivity contribution in [1.29, 1.82) is 0 Å². The number of nitrogens with one attached hydrogen (secondary N) is 1. The molecular weight excluding hydrogens is 575 g/mol. The van der Waals surface area contributed by atoms with E-state index in [1.165, 1.54) is 23.4 Å². The average Bonchev–Trinajstić information content (AvgIpc) is 3.19. The van der Waals surface area contributed by atoms with E-state index in [4.69, 9.17) is 9.47 Å². The normalized spacial score (nSPS) is 12.4. The standard InChI is InChI=1S/C34H31FN6O4/c1-7-26(42)39-25-14-11-20(16-24(25)35)30-28-23-13-12-22(44-27-10-8-9-19(2)38-27)15-21(23)17-41(33(43)45-34(3,4)5)32-29(28)31(40(30)6)36-18-37-32/h7-16,18H,1,17H2,2-6H3,(H,39,42). The first-order valence-electron chi connectivity index (χ1n) is 14.3. The highest BCUT2D eigenvalue weighted by molar-refractivity contribution is 6.12. The molecule has 0 radical (unpaired) electrons. The van der Waals surface area contributed by atoms with Crippen LogP contribution in [-0.2, 0) is 23.1 Å². The summed E-state index contributed by atoms with van der Waals surface area (Å²) in [5, 5.41) is 3.09. The van der Waals surface area contributed by atoms with Gasteiger partial charge < -0.3 is 19.4 Å². The third-order valence-corrected chi connectivity index (χ3v) is 7.26. The summed E-state index contributed by atoms with van der Waals surface area (Å²) in [6, 6.07) is 15.7. The Morgan fingerprint density at radius 3 is 2.60 bits per heavy atom. The fourth-order valence-electron chi connectivity index (χ4n) is 5.41. The number of rotatable bonds is 5. The Hall–Kier alpha value is -5.58. The Labute approximate surface area is 259 Å². The Morgan fingerprint density at radius 2 is 1.89 bits per heavy atom. The van der Waals surface area contributed by atoms with Crippen LogP contribution in [0.25, 0.3) is 33.4 Å². The molecule has 0 saturated carbocycles. The van der Waals surface area contributed by atoms with Crippen molar-refractivity contribution in [1.82, 2.24) is 19.5 Å². The highest BCUT2D eigenvalue weighted by atomic mass is 19.1. The van der Waals surface area contributed by atoms with Crippen LogP contribution in [-0.4, -0.2) is 37.1 Å². The maximum Gasteiger partial charge on any atom is 0.416 e. The van der Waals surface area contributed by atoms with Crippen LogP contribution in [0.15, 0.2) is 73.6 Å². The highest BCUT2D eigenvalue weighted by Gasteiger charge is 2.34. The molecule has 0 fully saturated rings. The predicted molar refractivity (Wildman–Crippen MR) is 170 cm³/mol. The van der Waals surface area contributed by atoms with E-state index in [1.54, 1.807) is 32.9 Å². The molecule has 0 saturated heterocycles. The maximum absolute atomic E-state index is 15.4. The molecule has 11 heteroatoms. The van der Waals surface area contributed by atoms with E-state index in [1.807, 2.05) is 48.9 Å². The van der Waals surface area contributed by atoms with Crippen molar-refractivity contribution in [2.24, 2.45) is 7.05 Å². The van der Waals surface area contributed by atoms with Gasteiger partial charge in [0.25, 0.3) is 0 Å². The molecule has 0 spiro atoms. The van der Waals surface area contributed by atoms with Crippen LogP contribution >= 0.6 is 0 Å². The average molecular weight is 607 g/mol. The van der Waals surface area contributed by atoms with E-state index in [0.29, 0.717) is 45.3 Å². The van der Waals surface area contributed by atoms with Gasteiger partial charge in [-0.3, -0.25) is 9.69 Å². The van der Waals surface area contributed by atoms with Gasteiger partial charge >= 0.3 is 6.09 Å². The van der Waals surface area contributed by atoms with E-state index >= 15 is 4.39 Å². The first-order chi connectivity index (χ1) is 21.4. The Kier molecular flexibility index (Phi) is 7.32. The lowest BCUT2D eigenvalue weighted by molar-refractivity contribution is -0.111. The molecule has 0 bridgehead atoms. The van der Waals surface area contributed by atoms with Crippen molar-refractivity contribution in [2.45, 2.75) is 39.8 Å². The summed E-state index contributed by atoms with van der Waals surface area (Å²) in [4.78, 5) is 40.6. The molecule has 3 aromatic heterocycles. The molecule has 4 heterocycles. The number of anilines is 2. The van der Waals surface area contributed by atoms with Gasteiger partial charge in [0, 0.05) is 29.9 Å². The van der Waals surface area contributed by atoms with Gasteiger partial charge in [0.1, 0.15) is 29.1 Å². The van der Waals surface area contributed by atoms with Crippen molar-refractivity contribution < 1.29 is 23.5 Å². The van der Waals surface area contributed by atoms with Crippen LogP contribution in [0.3, 0.4) is 0 Å². The molecule has 45 heavy (non-hydrogen) atoms. The second-order valence-corrected chi connectivity index (χ2v) is 11.7. The van der Waals surface area contributed by atoms with Gasteiger partial charge in [-0.2, -0.15) is 0 Å². The Balaban J connectivity index is 1.58. The number of benzene rings is 2. The molecule has 6 rings (SSSR count). The third kappa shape index (κ3) is 5.60. The fourth-order valence-corrected chi connectivity index (χ4v) is 5.41. The Bertz CT molecular complexity index is 2010. The summed E-state index contributed by atoms with van der Waals surface area (Å²) in [6.07, 6.45) is 1.89. The zero-order valence-corrected chi connectivity index (χ0v) is 25.5. The van der Waals surface area contributed by atoms with Crippen LogP contribution in [0.4, 0.5) is 20.7 Å². The zero-order valence-electron chi connectivity index (χ0n) is 25.5. The number of aryl methyl sites for hydroxylation is 2. The topological polar surface area (TPSA) is 111 Å². The number of pyridine rings is 1. The van der Waals surface area contributed by atoms with Crippen LogP contribution in [0, 0.1) is 12.7 Å². The number of halogens is 1. The molecule has 2 aromatic carbocycles. The van der Waals surface area contributed by atoms with Crippen molar-refractivity contribution in [3.63, 3.8) is 0 Å². The molecule has 2 amide bonds. The first kappa shape index (κ1) is 29.5. The SMILES string of the molecule is C=CC(=O)Nc1ccc(-c2c3c4c(ncnc4n2C)N(C(=O)OC(C)(C)C)Cc2cc(Oc4cccc(C)n4)ccc2-3)cc1F. The summed E-state index contributed by atoms with van der Waals surface area (Å²) >= 11 is 0. The quantitative estimate of drug-likeness (QED) is 0.209. The lowest BCUT2D eigenvalue weighted by atomic mass is 9.95. The van der Waals surface area contributed by atoms with E-state index < -0.39 is 23.4 Å². The van der Waals surface area contributed by atoms with Crippen LogP contribution < -0.4 is 15.0 Å². The van der Waals surface area contributed by atoms with Gasteiger partial charge in [-0.05, 0) is 75.2 Å². The van der Waals surface area contributed by atoms with Gasteiger partial charge in [-0.15, -0.1) is 0 Å². The molecule has 1 N–H and O–H groups in total. The molecule has 0 aliphatic carbocycles. The number of hydrogen-bond donors (Lipinski definition) is 1. The number of carbonyl (C=O) groups is 2. The van der Waals surface area contributed by atoms with Crippen LogP contribution in [0.1, 0.15) is 32.0 Å². The largest absolute Gasteiger partial charge is 0.443 e. The molecule has 0 atom stereocenters. The highest BCUT2D eigenvalue weighted by Crippen LogP contribution is 2.48. The van der Waals surface area contributed by atoms with E-state index in [0.717, 1.165) is 22.9 Å². The molecule has 0 unspecified atom stereocenters. The van der Waals surface area contributed by atoms with Crippen LogP contribution in [0.5, 0.6) is 11.6 Å². The van der Waals surface area contributed by atoms with Crippen molar-refractivity contribution >= 4 is 34.5 Å². The third-order valence-electron chi connectivity index (χ3n) is 7.26. The Morgan fingerprint density at radius 1 is 1.09 bits per heavy atom. The molecule has 5 aromatic rings. The number of fused-ring (bicyclic) bond motifs is 2. The summed E-state index contributed by atoms with van der Waals surface area (Å²) in [7, 11) is 1.82. The van der Waals surface area contributed by atoms with Crippen molar-refractivity contribution in [2.75, 3.05) is 10.2 Å². The number of ether oxygens (including phenoxy) is 2. The lowest BCUT2D eigenvalue weighted by Crippen LogP contribution is -2.37. The number of aromatic nitrogens is 4. The summed E-state index contributed by atoms with van der Waals surface area (Å²) in [5.74, 6) is 0.178. The monoisotopic (exact) mass is 606 g/mol. The maximum atomic E-state index is 15.4. The number of amides is 2. The lowest BCUT2D eigenvalue weighted by Gasteiger charge is -2.26.